The Morgan fingerprint density at radius 3 is 2.29 bits per heavy atom. The fraction of sp³-hybridized carbons (Fsp3) is 0.179. The summed E-state index contributed by atoms with van der Waals surface area (Å²) in [4.78, 5) is 29.5. The number of benzene rings is 3. The third kappa shape index (κ3) is 4.80. The van der Waals surface area contributed by atoms with Crippen LogP contribution in [0.4, 0.5) is 0 Å². The molecule has 1 unspecified atom stereocenters. The molecule has 3 aromatic carbocycles. The number of aryl methyl sites for hydroxylation is 3. The van der Waals surface area contributed by atoms with Gasteiger partial charge in [-0.25, -0.2) is 9.78 Å². The Balaban J connectivity index is 1.59. The second kappa shape index (κ2) is 9.65. The molecular weight excluding hydrogens is 448 g/mol. The van der Waals surface area contributed by atoms with Crippen LogP contribution in [0.5, 0.6) is 0 Å². The van der Waals surface area contributed by atoms with Gasteiger partial charge in [0.15, 0.2) is 0 Å². The van der Waals surface area contributed by atoms with E-state index >= 15 is 0 Å². The lowest BCUT2D eigenvalue weighted by molar-refractivity contribution is -0.139. The number of hydrogen-bond donors (Lipinski definition) is 2. The normalized spacial score (nSPS) is 11.9. The molecule has 34 heavy (non-hydrogen) atoms. The molecule has 0 radical (unpaired) electrons. The van der Waals surface area contributed by atoms with Crippen LogP contribution in [0.15, 0.2) is 66.7 Å². The Morgan fingerprint density at radius 2 is 1.62 bits per heavy atom. The molecule has 0 spiro atoms. The molecule has 172 valence electrons. The number of carbonyl (C=O) groups is 2. The Kier molecular flexibility index (Phi) is 6.66. The monoisotopic (exact) mass is 472 g/mol. The lowest BCUT2D eigenvalue weighted by atomic mass is 9.98. The van der Waals surface area contributed by atoms with E-state index in [-0.39, 0.29) is 17.0 Å². The van der Waals surface area contributed by atoms with Crippen LogP contribution in [0.25, 0.3) is 22.2 Å². The molecule has 0 aliphatic rings. The summed E-state index contributed by atoms with van der Waals surface area (Å²) in [6, 6.07) is 19.8. The van der Waals surface area contributed by atoms with E-state index in [2.05, 4.69) is 31.3 Å². The van der Waals surface area contributed by atoms with E-state index in [1.807, 2.05) is 36.4 Å². The van der Waals surface area contributed by atoms with Crippen LogP contribution < -0.4 is 5.32 Å². The SMILES string of the molecule is Cc1cccc(Cl)c1C(=O)NC(Cc1ccc2nc(-c3c(C)cccc3C)ccc2c1)C(=O)O. The minimum absolute atomic E-state index is 0.138. The summed E-state index contributed by atoms with van der Waals surface area (Å²) >= 11 is 6.17. The van der Waals surface area contributed by atoms with Crippen molar-refractivity contribution in [1.82, 2.24) is 10.3 Å². The minimum Gasteiger partial charge on any atom is -0.480 e. The summed E-state index contributed by atoms with van der Waals surface area (Å²) in [5, 5.41) is 13.5. The van der Waals surface area contributed by atoms with Crippen LogP contribution in [0.3, 0.4) is 0 Å². The quantitative estimate of drug-likeness (QED) is 0.366. The summed E-state index contributed by atoms with van der Waals surface area (Å²) < 4.78 is 0. The number of aromatic nitrogens is 1. The summed E-state index contributed by atoms with van der Waals surface area (Å²) in [6.45, 7) is 5.91. The number of fused-ring (bicyclic) bond motifs is 1. The number of carboxylic acid groups (broad SMARTS) is 1. The average Bonchev–Trinajstić information content (AvgIpc) is 2.78. The van der Waals surface area contributed by atoms with Gasteiger partial charge in [0.2, 0.25) is 0 Å². The number of halogens is 1. The van der Waals surface area contributed by atoms with E-state index in [0.717, 1.165) is 38.9 Å². The Hall–Kier alpha value is -3.70. The number of aliphatic carboxylic acids is 1. The van der Waals surface area contributed by atoms with Crippen molar-refractivity contribution in [3.8, 4) is 11.3 Å². The van der Waals surface area contributed by atoms with E-state index < -0.39 is 17.9 Å². The zero-order valence-electron chi connectivity index (χ0n) is 19.2. The largest absolute Gasteiger partial charge is 0.480 e. The highest BCUT2D eigenvalue weighted by atomic mass is 35.5. The number of carboxylic acids is 1. The van der Waals surface area contributed by atoms with Gasteiger partial charge >= 0.3 is 5.97 Å². The topological polar surface area (TPSA) is 79.3 Å². The van der Waals surface area contributed by atoms with E-state index in [1.54, 1.807) is 25.1 Å². The Bertz CT molecular complexity index is 1370. The van der Waals surface area contributed by atoms with Crippen molar-refractivity contribution >= 4 is 34.4 Å². The first kappa shape index (κ1) is 23.5. The Morgan fingerprint density at radius 1 is 0.941 bits per heavy atom. The molecular formula is C28H25ClN2O3. The maximum absolute atomic E-state index is 12.8. The molecule has 2 N–H and O–H groups in total. The first-order valence-electron chi connectivity index (χ1n) is 11.0. The number of hydrogen-bond acceptors (Lipinski definition) is 3. The zero-order chi connectivity index (χ0) is 24.4. The second-order valence-corrected chi connectivity index (χ2v) is 8.90. The highest BCUT2D eigenvalue weighted by Gasteiger charge is 2.23. The molecule has 0 saturated carbocycles. The van der Waals surface area contributed by atoms with Gasteiger partial charge in [0.05, 0.1) is 21.8 Å². The molecule has 0 saturated heterocycles. The van der Waals surface area contributed by atoms with Gasteiger partial charge in [0, 0.05) is 17.4 Å². The summed E-state index contributed by atoms with van der Waals surface area (Å²) in [5.41, 5.74) is 6.94. The maximum Gasteiger partial charge on any atom is 0.326 e. The Labute approximate surface area is 203 Å². The van der Waals surface area contributed by atoms with E-state index in [1.165, 1.54) is 0 Å². The first-order chi connectivity index (χ1) is 16.2. The number of carbonyl (C=O) groups excluding carboxylic acids is 1. The van der Waals surface area contributed by atoms with Gasteiger partial charge in [-0.05, 0) is 67.3 Å². The van der Waals surface area contributed by atoms with Gasteiger partial charge in [-0.1, -0.05) is 54.1 Å². The molecule has 1 amide bonds. The van der Waals surface area contributed by atoms with E-state index in [9.17, 15) is 14.7 Å². The van der Waals surface area contributed by atoms with Crippen molar-refractivity contribution in [2.24, 2.45) is 0 Å². The van der Waals surface area contributed by atoms with Crippen LogP contribution in [0.1, 0.15) is 32.6 Å². The molecule has 1 aromatic heterocycles. The van der Waals surface area contributed by atoms with Gasteiger partial charge in [-0.3, -0.25) is 4.79 Å². The number of nitrogens with zero attached hydrogens (tertiary/aromatic N) is 1. The summed E-state index contributed by atoms with van der Waals surface area (Å²) in [5.74, 6) is -1.61. The molecule has 1 atom stereocenters. The van der Waals surface area contributed by atoms with Crippen LogP contribution in [0, 0.1) is 20.8 Å². The minimum atomic E-state index is -1.11. The highest BCUT2D eigenvalue weighted by Crippen LogP contribution is 2.28. The smallest absolute Gasteiger partial charge is 0.326 e. The van der Waals surface area contributed by atoms with Gasteiger partial charge in [0.25, 0.3) is 5.91 Å². The van der Waals surface area contributed by atoms with Crippen molar-refractivity contribution in [2.45, 2.75) is 33.2 Å². The maximum atomic E-state index is 12.8. The summed E-state index contributed by atoms with van der Waals surface area (Å²) in [6.07, 6.45) is 0.138. The van der Waals surface area contributed by atoms with Crippen molar-refractivity contribution in [1.29, 1.82) is 0 Å². The molecule has 0 bridgehead atoms. The third-order valence-corrected chi connectivity index (χ3v) is 6.30. The van der Waals surface area contributed by atoms with Gasteiger partial charge < -0.3 is 10.4 Å². The predicted octanol–water partition coefficient (Wildman–Crippen LogP) is 5.91. The molecule has 1 heterocycles. The van der Waals surface area contributed by atoms with Crippen LogP contribution in [-0.4, -0.2) is 28.0 Å². The van der Waals surface area contributed by atoms with Gasteiger partial charge in [-0.15, -0.1) is 0 Å². The molecule has 0 aliphatic carbocycles. The second-order valence-electron chi connectivity index (χ2n) is 8.49. The van der Waals surface area contributed by atoms with Gasteiger partial charge in [-0.2, -0.15) is 0 Å². The van der Waals surface area contributed by atoms with E-state index in [4.69, 9.17) is 16.6 Å². The highest BCUT2D eigenvalue weighted by molar-refractivity contribution is 6.34. The standard InChI is InChI=1S/C28H25ClN2O3/c1-16-6-4-7-17(2)25(16)23-13-11-20-14-19(10-12-22(20)30-23)15-24(28(33)34)31-27(32)26-18(3)8-5-9-21(26)29/h4-14,24H,15H2,1-3H3,(H,31,32)(H,33,34). The fourth-order valence-corrected chi connectivity index (χ4v) is 4.55. The van der Waals surface area contributed by atoms with Crippen LogP contribution in [-0.2, 0) is 11.2 Å². The van der Waals surface area contributed by atoms with Gasteiger partial charge in [0.1, 0.15) is 6.04 Å². The number of rotatable bonds is 6. The van der Waals surface area contributed by atoms with E-state index in [0.29, 0.717) is 5.56 Å². The average molecular weight is 473 g/mol. The lowest BCUT2D eigenvalue weighted by Gasteiger charge is -2.17. The molecule has 4 rings (SSSR count). The lowest BCUT2D eigenvalue weighted by Crippen LogP contribution is -2.42. The fourth-order valence-electron chi connectivity index (χ4n) is 4.25. The summed E-state index contributed by atoms with van der Waals surface area (Å²) in [7, 11) is 0. The third-order valence-electron chi connectivity index (χ3n) is 5.98. The molecule has 5 nitrogen and oxygen atoms in total. The first-order valence-corrected chi connectivity index (χ1v) is 11.4. The van der Waals surface area contributed by atoms with Crippen molar-refractivity contribution in [2.75, 3.05) is 0 Å². The zero-order valence-corrected chi connectivity index (χ0v) is 20.0. The van der Waals surface area contributed by atoms with Crippen LogP contribution >= 0.6 is 11.6 Å². The number of amides is 1. The molecule has 4 aromatic rings. The van der Waals surface area contributed by atoms with Crippen molar-refractivity contribution in [3.63, 3.8) is 0 Å². The van der Waals surface area contributed by atoms with Crippen molar-refractivity contribution in [3.05, 3.63) is 99.6 Å². The number of pyridine rings is 1. The molecule has 0 aliphatic heterocycles. The predicted molar refractivity (Wildman–Crippen MR) is 135 cm³/mol. The molecule has 6 heteroatoms. The molecule has 0 fully saturated rings. The van der Waals surface area contributed by atoms with Crippen LogP contribution in [0.2, 0.25) is 5.02 Å². The number of nitrogens with one attached hydrogen (secondary N) is 1. The van der Waals surface area contributed by atoms with Crippen molar-refractivity contribution < 1.29 is 14.7 Å².